The molecule has 4 nitrogen and oxygen atoms in total. The number of carbonyl (C=O) groups excluding carboxylic acids is 1. The fourth-order valence-electron chi connectivity index (χ4n) is 2.06. The molecule has 0 N–H and O–H groups in total. The Balaban J connectivity index is 2.42. The Morgan fingerprint density at radius 3 is 2.41 bits per heavy atom. The maximum atomic E-state index is 12.6. The predicted octanol–water partition coefficient (Wildman–Crippen LogP) is 3.33. The van der Waals surface area contributed by atoms with Gasteiger partial charge in [-0.2, -0.15) is 0 Å². The van der Waals surface area contributed by atoms with Crippen molar-refractivity contribution in [3.63, 3.8) is 0 Å². The van der Waals surface area contributed by atoms with Crippen molar-refractivity contribution in [2.45, 2.75) is 11.8 Å². The Morgan fingerprint density at radius 2 is 1.77 bits per heavy atom. The van der Waals surface area contributed by atoms with Gasteiger partial charge in [-0.05, 0) is 42.8 Å². The molecular weight excluding hydrogens is 322 g/mol. The Bertz CT molecular complexity index is 831. The van der Waals surface area contributed by atoms with Crippen LogP contribution < -0.4 is 4.90 Å². The first kappa shape index (κ1) is 16.5. The van der Waals surface area contributed by atoms with Gasteiger partial charge in [-0.3, -0.25) is 4.79 Å². The Hall–Kier alpha value is -1.85. The summed E-state index contributed by atoms with van der Waals surface area (Å²) in [5, 5.41) is 0.518. The third-order valence-corrected chi connectivity index (χ3v) is 4.96. The van der Waals surface area contributed by atoms with Gasteiger partial charge in [0.2, 0.25) is 0 Å². The van der Waals surface area contributed by atoms with Crippen molar-refractivity contribution in [3.8, 4) is 0 Å². The second-order valence-corrected chi connectivity index (χ2v) is 7.47. The molecule has 0 spiro atoms. The molecule has 0 saturated heterocycles. The molecule has 22 heavy (non-hydrogen) atoms. The summed E-state index contributed by atoms with van der Waals surface area (Å²) in [4.78, 5) is 14.2. The number of benzene rings is 2. The van der Waals surface area contributed by atoms with Crippen LogP contribution in [0.5, 0.6) is 0 Å². The summed E-state index contributed by atoms with van der Waals surface area (Å²) in [6.07, 6.45) is 1.13. The molecule has 0 aromatic heterocycles. The molecule has 0 bridgehead atoms. The van der Waals surface area contributed by atoms with Crippen LogP contribution in [0.2, 0.25) is 5.02 Å². The lowest BCUT2D eigenvalue weighted by Crippen LogP contribution is -2.27. The SMILES string of the molecule is Cc1c(Cl)cccc1C(=O)N(C)c1cccc(S(C)(=O)=O)c1. The number of halogens is 1. The van der Waals surface area contributed by atoms with Crippen LogP contribution >= 0.6 is 11.6 Å². The maximum absolute atomic E-state index is 12.6. The Labute approximate surface area is 135 Å². The van der Waals surface area contributed by atoms with Crippen molar-refractivity contribution in [1.29, 1.82) is 0 Å². The van der Waals surface area contributed by atoms with E-state index in [0.29, 0.717) is 21.8 Å². The summed E-state index contributed by atoms with van der Waals surface area (Å²) in [6, 6.07) is 11.4. The molecule has 0 saturated carbocycles. The number of anilines is 1. The summed E-state index contributed by atoms with van der Waals surface area (Å²) < 4.78 is 23.3. The van der Waals surface area contributed by atoms with E-state index < -0.39 is 9.84 Å². The Morgan fingerprint density at radius 1 is 1.14 bits per heavy atom. The number of rotatable bonds is 3. The maximum Gasteiger partial charge on any atom is 0.258 e. The smallest absolute Gasteiger partial charge is 0.258 e. The van der Waals surface area contributed by atoms with E-state index in [9.17, 15) is 13.2 Å². The standard InChI is InChI=1S/C16H16ClNO3S/c1-11-14(8-5-9-15(11)17)16(19)18(2)12-6-4-7-13(10-12)22(3,20)21/h4-10H,1-3H3. The van der Waals surface area contributed by atoms with Crippen molar-refractivity contribution in [3.05, 3.63) is 58.6 Å². The highest BCUT2D eigenvalue weighted by Crippen LogP contribution is 2.24. The molecule has 2 aromatic rings. The number of amides is 1. The molecule has 0 unspecified atom stereocenters. The van der Waals surface area contributed by atoms with E-state index in [4.69, 9.17) is 11.6 Å². The van der Waals surface area contributed by atoms with Crippen LogP contribution in [0.3, 0.4) is 0 Å². The van der Waals surface area contributed by atoms with Crippen LogP contribution in [0.25, 0.3) is 0 Å². The van der Waals surface area contributed by atoms with Gasteiger partial charge in [-0.15, -0.1) is 0 Å². The second-order valence-electron chi connectivity index (χ2n) is 5.05. The number of carbonyl (C=O) groups is 1. The van der Waals surface area contributed by atoms with Gasteiger partial charge in [0, 0.05) is 29.6 Å². The van der Waals surface area contributed by atoms with E-state index in [1.807, 2.05) is 0 Å². The van der Waals surface area contributed by atoms with E-state index in [2.05, 4.69) is 0 Å². The lowest BCUT2D eigenvalue weighted by molar-refractivity contribution is 0.0992. The van der Waals surface area contributed by atoms with Crippen LogP contribution in [0, 0.1) is 6.92 Å². The molecule has 2 aromatic carbocycles. The minimum atomic E-state index is -3.32. The molecule has 0 fully saturated rings. The average Bonchev–Trinajstić information content (AvgIpc) is 2.48. The fraction of sp³-hybridized carbons (Fsp3) is 0.188. The highest BCUT2D eigenvalue weighted by Gasteiger charge is 2.18. The van der Waals surface area contributed by atoms with Gasteiger partial charge in [-0.1, -0.05) is 23.7 Å². The van der Waals surface area contributed by atoms with E-state index in [-0.39, 0.29) is 10.8 Å². The summed E-state index contributed by atoms with van der Waals surface area (Å²) >= 11 is 6.04. The molecule has 0 atom stereocenters. The summed E-state index contributed by atoms with van der Waals surface area (Å²) in [7, 11) is -1.72. The van der Waals surface area contributed by atoms with Gasteiger partial charge < -0.3 is 4.90 Å². The van der Waals surface area contributed by atoms with Crippen LogP contribution in [0.1, 0.15) is 15.9 Å². The zero-order valence-electron chi connectivity index (χ0n) is 12.5. The lowest BCUT2D eigenvalue weighted by atomic mass is 10.1. The van der Waals surface area contributed by atoms with Crippen molar-refractivity contribution < 1.29 is 13.2 Å². The fourth-order valence-corrected chi connectivity index (χ4v) is 2.89. The summed E-state index contributed by atoms with van der Waals surface area (Å²) in [6.45, 7) is 1.77. The number of hydrogen-bond donors (Lipinski definition) is 0. The van der Waals surface area contributed by atoms with Gasteiger partial charge in [-0.25, -0.2) is 8.42 Å². The minimum absolute atomic E-state index is 0.174. The molecule has 2 rings (SSSR count). The molecule has 0 aliphatic carbocycles. The molecule has 0 heterocycles. The van der Waals surface area contributed by atoms with Crippen LogP contribution in [-0.2, 0) is 9.84 Å². The largest absolute Gasteiger partial charge is 0.311 e. The third-order valence-electron chi connectivity index (χ3n) is 3.44. The van der Waals surface area contributed by atoms with Gasteiger partial charge >= 0.3 is 0 Å². The third kappa shape index (κ3) is 3.31. The molecule has 0 radical (unpaired) electrons. The van der Waals surface area contributed by atoms with Crippen molar-refractivity contribution in [2.75, 3.05) is 18.2 Å². The van der Waals surface area contributed by atoms with Gasteiger partial charge in [0.25, 0.3) is 5.91 Å². The Kier molecular flexibility index (Phi) is 4.58. The van der Waals surface area contributed by atoms with Gasteiger partial charge in [0.05, 0.1) is 4.90 Å². The molecule has 116 valence electrons. The normalized spacial score (nSPS) is 11.3. The second kappa shape index (κ2) is 6.10. The van der Waals surface area contributed by atoms with Crippen molar-refractivity contribution in [1.82, 2.24) is 0 Å². The van der Waals surface area contributed by atoms with Crippen LogP contribution in [-0.4, -0.2) is 27.6 Å². The van der Waals surface area contributed by atoms with Crippen molar-refractivity contribution >= 4 is 33.0 Å². The van der Waals surface area contributed by atoms with Gasteiger partial charge in [0.15, 0.2) is 9.84 Å². The highest BCUT2D eigenvalue weighted by atomic mass is 35.5. The number of nitrogens with zero attached hydrogens (tertiary/aromatic N) is 1. The van der Waals surface area contributed by atoms with E-state index >= 15 is 0 Å². The van der Waals surface area contributed by atoms with Gasteiger partial charge in [0.1, 0.15) is 0 Å². The number of hydrogen-bond acceptors (Lipinski definition) is 3. The van der Waals surface area contributed by atoms with Crippen LogP contribution in [0.4, 0.5) is 5.69 Å². The number of sulfone groups is 1. The molecular formula is C16H16ClNO3S. The van der Waals surface area contributed by atoms with Crippen molar-refractivity contribution in [2.24, 2.45) is 0 Å². The monoisotopic (exact) mass is 337 g/mol. The van der Waals surface area contributed by atoms with Crippen LogP contribution in [0.15, 0.2) is 47.4 Å². The minimum Gasteiger partial charge on any atom is -0.311 e. The highest BCUT2D eigenvalue weighted by molar-refractivity contribution is 7.90. The zero-order chi connectivity index (χ0) is 16.5. The summed E-state index contributed by atoms with van der Waals surface area (Å²) in [5.41, 5.74) is 1.69. The first-order valence-electron chi connectivity index (χ1n) is 6.55. The first-order valence-corrected chi connectivity index (χ1v) is 8.82. The summed E-state index contributed by atoms with van der Waals surface area (Å²) in [5.74, 6) is -0.245. The first-order chi connectivity index (χ1) is 10.2. The predicted molar refractivity (Wildman–Crippen MR) is 88.5 cm³/mol. The quantitative estimate of drug-likeness (QED) is 0.863. The van der Waals surface area contributed by atoms with E-state index in [1.54, 1.807) is 44.3 Å². The van der Waals surface area contributed by atoms with E-state index in [0.717, 1.165) is 6.26 Å². The zero-order valence-corrected chi connectivity index (χ0v) is 14.1. The topological polar surface area (TPSA) is 54.5 Å². The van der Waals surface area contributed by atoms with E-state index in [1.165, 1.54) is 17.0 Å². The molecule has 1 amide bonds. The molecule has 0 aliphatic rings. The average molecular weight is 338 g/mol. The lowest BCUT2D eigenvalue weighted by Gasteiger charge is -2.19. The molecule has 6 heteroatoms. The molecule has 0 aliphatic heterocycles.